The summed E-state index contributed by atoms with van der Waals surface area (Å²) in [4.78, 5) is -0.363. The number of aliphatic hydroxyl groups is 1. The van der Waals surface area contributed by atoms with Crippen LogP contribution in [0.25, 0.3) is 0 Å². The van der Waals surface area contributed by atoms with Crippen molar-refractivity contribution in [2.75, 3.05) is 6.26 Å². The van der Waals surface area contributed by atoms with Crippen molar-refractivity contribution in [1.82, 2.24) is 0 Å². The summed E-state index contributed by atoms with van der Waals surface area (Å²) < 4.78 is 0. The lowest BCUT2D eigenvalue weighted by Gasteiger charge is -2.29. The summed E-state index contributed by atoms with van der Waals surface area (Å²) in [6.07, 6.45) is 7.70. The molecule has 1 saturated carbocycles. The molecular formula is C7H14OS. The topological polar surface area (TPSA) is 20.2 Å². The molecule has 0 atom stereocenters. The Bertz CT molecular complexity index is 86.9. The van der Waals surface area contributed by atoms with Gasteiger partial charge in [0, 0.05) is 0 Å². The highest BCUT2D eigenvalue weighted by atomic mass is 32.2. The van der Waals surface area contributed by atoms with Crippen LogP contribution in [0.4, 0.5) is 0 Å². The molecule has 0 aromatic heterocycles. The zero-order chi connectivity index (χ0) is 6.74. The average Bonchev–Trinajstić information content (AvgIpc) is 1.90. The smallest absolute Gasteiger partial charge is 0.110 e. The SMILES string of the molecule is CSC1(O)CCCCC1. The first-order valence-corrected chi connectivity index (χ1v) is 4.77. The van der Waals surface area contributed by atoms with Crippen LogP contribution in [0, 0.1) is 0 Å². The first-order chi connectivity index (χ1) is 4.27. The molecule has 0 bridgehead atoms. The van der Waals surface area contributed by atoms with Crippen LogP contribution in [0.5, 0.6) is 0 Å². The Morgan fingerprint density at radius 2 is 1.78 bits per heavy atom. The molecule has 1 nitrogen and oxygen atoms in total. The normalized spacial score (nSPS) is 26.0. The zero-order valence-electron chi connectivity index (χ0n) is 5.89. The van der Waals surface area contributed by atoms with E-state index < -0.39 is 0 Å². The van der Waals surface area contributed by atoms with Gasteiger partial charge in [-0.3, -0.25) is 0 Å². The number of thioether (sulfide) groups is 1. The summed E-state index contributed by atoms with van der Waals surface area (Å²) in [6, 6.07) is 0. The highest BCUT2D eigenvalue weighted by Crippen LogP contribution is 2.35. The Kier molecular flexibility index (Phi) is 2.42. The second-order valence-corrected chi connectivity index (χ2v) is 3.88. The number of rotatable bonds is 1. The largest absolute Gasteiger partial charge is 0.380 e. The molecule has 0 heterocycles. The van der Waals surface area contributed by atoms with Crippen LogP contribution < -0.4 is 0 Å². The zero-order valence-corrected chi connectivity index (χ0v) is 6.71. The Balaban J connectivity index is 2.37. The molecule has 0 amide bonds. The summed E-state index contributed by atoms with van der Waals surface area (Å²) >= 11 is 1.60. The van der Waals surface area contributed by atoms with Crippen LogP contribution in [-0.4, -0.2) is 16.3 Å². The standard InChI is InChI=1S/C7H14OS/c1-9-7(8)5-3-2-4-6-7/h8H,2-6H2,1H3. The molecule has 1 aliphatic carbocycles. The molecule has 1 N–H and O–H groups in total. The highest BCUT2D eigenvalue weighted by molar-refractivity contribution is 7.99. The number of hydrogen-bond donors (Lipinski definition) is 1. The summed E-state index contributed by atoms with van der Waals surface area (Å²) in [7, 11) is 0. The van der Waals surface area contributed by atoms with Gasteiger partial charge in [0.25, 0.3) is 0 Å². The molecule has 0 aliphatic heterocycles. The third-order valence-electron chi connectivity index (χ3n) is 2.01. The Hall–Kier alpha value is 0.310. The van der Waals surface area contributed by atoms with Gasteiger partial charge in [-0.05, 0) is 31.9 Å². The van der Waals surface area contributed by atoms with Gasteiger partial charge in [0.1, 0.15) is 4.93 Å². The lowest BCUT2D eigenvalue weighted by molar-refractivity contribution is 0.0950. The summed E-state index contributed by atoms with van der Waals surface area (Å²) in [5.41, 5.74) is 0. The highest BCUT2D eigenvalue weighted by Gasteiger charge is 2.27. The van der Waals surface area contributed by atoms with Crippen LogP contribution in [0.15, 0.2) is 0 Å². The quantitative estimate of drug-likeness (QED) is 0.571. The van der Waals surface area contributed by atoms with Crippen molar-refractivity contribution in [2.24, 2.45) is 0 Å². The van der Waals surface area contributed by atoms with E-state index >= 15 is 0 Å². The lowest BCUT2D eigenvalue weighted by atomic mass is 9.97. The van der Waals surface area contributed by atoms with Crippen molar-refractivity contribution in [2.45, 2.75) is 37.0 Å². The maximum atomic E-state index is 9.64. The molecule has 0 aromatic rings. The molecule has 1 aliphatic rings. The van der Waals surface area contributed by atoms with Crippen molar-refractivity contribution >= 4 is 11.8 Å². The molecule has 9 heavy (non-hydrogen) atoms. The van der Waals surface area contributed by atoms with Crippen LogP contribution in [0.3, 0.4) is 0 Å². The molecule has 0 aromatic carbocycles. The van der Waals surface area contributed by atoms with E-state index in [0.717, 1.165) is 12.8 Å². The average molecular weight is 146 g/mol. The van der Waals surface area contributed by atoms with Crippen molar-refractivity contribution in [1.29, 1.82) is 0 Å². The fraction of sp³-hybridized carbons (Fsp3) is 1.00. The molecular weight excluding hydrogens is 132 g/mol. The fourth-order valence-corrected chi connectivity index (χ4v) is 2.01. The molecule has 0 saturated heterocycles. The van der Waals surface area contributed by atoms with Gasteiger partial charge in [-0.15, -0.1) is 11.8 Å². The lowest BCUT2D eigenvalue weighted by Crippen LogP contribution is -2.26. The minimum Gasteiger partial charge on any atom is -0.380 e. The van der Waals surface area contributed by atoms with E-state index in [0.29, 0.717) is 0 Å². The second-order valence-electron chi connectivity index (χ2n) is 2.71. The molecule has 0 spiro atoms. The van der Waals surface area contributed by atoms with Crippen LogP contribution in [0.1, 0.15) is 32.1 Å². The third-order valence-corrected chi connectivity index (χ3v) is 3.18. The van der Waals surface area contributed by atoms with Gasteiger partial charge < -0.3 is 5.11 Å². The molecule has 0 radical (unpaired) electrons. The summed E-state index contributed by atoms with van der Waals surface area (Å²) in [6.45, 7) is 0. The van der Waals surface area contributed by atoms with Gasteiger partial charge in [-0.2, -0.15) is 0 Å². The third kappa shape index (κ3) is 1.87. The number of hydrogen-bond acceptors (Lipinski definition) is 2. The van der Waals surface area contributed by atoms with Gasteiger partial charge in [0.05, 0.1) is 0 Å². The first kappa shape index (κ1) is 7.42. The molecule has 1 fully saturated rings. The van der Waals surface area contributed by atoms with Gasteiger partial charge in [-0.1, -0.05) is 6.42 Å². The van der Waals surface area contributed by atoms with Crippen molar-refractivity contribution in [3.63, 3.8) is 0 Å². The first-order valence-electron chi connectivity index (χ1n) is 3.54. The van der Waals surface area contributed by atoms with Crippen molar-refractivity contribution in [3.05, 3.63) is 0 Å². The van der Waals surface area contributed by atoms with Gasteiger partial charge >= 0.3 is 0 Å². The predicted octanol–water partition coefficient (Wildman–Crippen LogP) is 2.00. The maximum Gasteiger partial charge on any atom is 0.110 e. The maximum absolute atomic E-state index is 9.64. The van der Waals surface area contributed by atoms with Gasteiger partial charge in [0.2, 0.25) is 0 Å². The Labute approximate surface area is 60.8 Å². The Morgan fingerprint density at radius 3 is 2.11 bits per heavy atom. The van der Waals surface area contributed by atoms with E-state index in [1.807, 2.05) is 6.26 Å². The van der Waals surface area contributed by atoms with Crippen LogP contribution in [0.2, 0.25) is 0 Å². The van der Waals surface area contributed by atoms with E-state index in [9.17, 15) is 5.11 Å². The van der Waals surface area contributed by atoms with Crippen molar-refractivity contribution in [3.8, 4) is 0 Å². The summed E-state index contributed by atoms with van der Waals surface area (Å²) in [5.74, 6) is 0. The molecule has 1 rings (SSSR count). The van der Waals surface area contributed by atoms with E-state index in [1.165, 1.54) is 19.3 Å². The van der Waals surface area contributed by atoms with E-state index in [1.54, 1.807) is 11.8 Å². The van der Waals surface area contributed by atoms with Gasteiger partial charge in [-0.25, -0.2) is 0 Å². The monoisotopic (exact) mass is 146 g/mol. The van der Waals surface area contributed by atoms with E-state index in [-0.39, 0.29) is 4.93 Å². The second kappa shape index (κ2) is 2.93. The van der Waals surface area contributed by atoms with Gasteiger partial charge in [0.15, 0.2) is 0 Å². The van der Waals surface area contributed by atoms with E-state index in [4.69, 9.17) is 0 Å². The molecule has 0 unspecified atom stereocenters. The predicted molar refractivity (Wildman–Crippen MR) is 41.5 cm³/mol. The molecule has 54 valence electrons. The van der Waals surface area contributed by atoms with Crippen molar-refractivity contribution < 1.29 is 5.11 Å². The van der Waals surface area contributed by atoms with Crippen LogP contribution in [-0.2, 0) is 0 Å². The minimum absolute atomic E-state index is 0.363. The summed E-state index contributed by atoms with van der Waals surface area (Å²) in [5, 5.41) is 9.64. The molecule has 2 heteroatoms. The fourth-order valence-electron chi connectivity index (χ4n) is 1.31. The van der Waals surface area contributed by atoms with E-state index in [2.05, 4.69) is 0 Å². The Morgan fingerprint density at radius 1 is 1.22 bits per heavy atom. The minimum atomic E-state index is -0.363. The van der Waals surface area contributed by atoms with Crippen LogP contribution >= 0.6 is 11.8 Å².